The highest BCUT2D eigenvalue weighted by Crippen LogP contribution is 2.52. The van der Waals surface area contributed by atoms with Gasteiger partial charge in [-0.25, -0.2) is 0 Å². The van der Waals surface area contributed by atoms with Crippen molar-refractivity contribution >= 4 is 96.1 Å². The van der Waals surface area contributed by atoms with E-state index in [9.17, 15) is 0 Å². The number of hydrogen-bond donors (Lipinski definition) is 0. The summed E-state index contributed by atoms with van der Waals surface area (Å²) in [7, 11) is 0. The van der Waals surface area contributed by atoms with Crippen LogP contribution in [0.1, 0.15) is 0 Å². The Morgan fingerprint density at radius 2 is 0.708 bits per heavy atom. The number of nitrogens with zero attached hydrogens (tertiary/aromatic N) is 4. The Morgan fingerprint density at radius 3 is 1.29 bits per heavy atom. The predicted octanol–water partition coefficient (Wildman–Crippen LogP) is 20.7. The highest BCUT2D eigenvalue weighted by Gasteiger charge is 2.45. The van der Waals surface area contributed by atoms with Crippen molar-refractivity contribution < 1.29 is 0 Å². The van der Waals surface area contributed by atoms with E-state index in [1.807, 2.05) is 0 Å². The molecule has 0 unspecified atom stereocenters. The molecule has 0 saturated carbocycles. The van der Waals surface area contributed by atoms with Crippen LogP contribution < -0.4 is 31.1 Å². The SMILES string of the molecule is c1ccc(-c2ccc(N3c4cc(N(c5ccccc5)c5ccccc5)cc5c4B(c4ccc(-c6ccccc6)cc4N5c4cccc(-c5ccccc5)c4)c4ccc5c(c43)c3ccccc3n5-c3c(-c4ccccc4)cccc3-c3ccccc3)cc2)cc1. The van der Waals surface area contributed by atoms with E-state index >= 15 is 0 Å². The first-order chi connectivity index (χ1) is 44.2. The Morgan fingerprint density at radius 1 is 0.258 bits per heavy atom. The Hall–Kier alpha value is -11.7. The largest absolute Gasteiger partial charge is 0.311 e. The van der Waals surface area contributed by atoms with Gasteiger partial charge in [0.2, 0.25) is 0 Å². The Kier molecular flexibility index (Phi) is 12.6. The smallest absolute Gasteiger partial charge is 0.252 e. The van der Waals surface area contributed by atoms with Gasteiger partial charge in [0.1, 0.15) is 0 Å². The molecule has 3 heterocycles. The molecule has 5 heteroatoms. The Labute approximate surface area is 519 Å². The zero-order valence-electron chi connectivity index (χ0n) is 48.8. The van der Waals surface area contributed by atoms with Crippen molar-refractivity contribution in [3.63, 3.8) is 0 Å². The van der Waals surface area contributed by atoms with Gasteiger partial charge in [-0.15, -0.1) is 0 Å². The fraction of sp³-hybridized carbons (Fsp3) is 0. The van der Waals surface area contributed by atoms with Gasteiger partial charge >= 0.3 is 0 Å². The lowest BCUT2D eigenvalue weighted by atomic mass is 9.33. The molecule has 416 valence electrons. The molecule has 0 atom stereocenters. The molecule has 15 aromatic rings. The normalized spacial score (nSPS) is 12.2. The summed E-state index contributed by atoms with van der Waals surface area (Å²) in [5.74, 6) is 0. The van der Waals surface area contributed by atoms with E-state index in [0.29, 0.717) is 0 Å². The van der Waals surface area contributed by atoms with Crippen LogP contribution in [0.15, 0.2) is 346 Å². The zero-order valence-corrected chi connectivity index (χ0v) is 48.8. The first-order valence-electron chi connectivity index (χ1n) is 30.7. The molecule has 17 rings (SSSR count). The summed E-state index contributed by atoms with van der Waals surface area (Å²) in [6.45, 7) is -0.192. The summed E-state index contributed by atoms with van der Waals surface area (Å²) in [5, 5.41) is 2.37. The molecule has 2 aliphatic heterocycles. The molecule has 0 bridgehead atoms. The van der Waals surface area contributed by atoms with Crippen molar-refractivity contribution in [3.8, 4) is 61.3 Å². The van der Waals surface area contributed by atoms with Crippen LogP contribution in [-0.2, 0) is 0 Å². The quantitative estimate of drug-likeness (QED) is 0.120. The molecule has 0 radical (unpaired) electrons. The van der Waals surface area contributed by atoms with E-state index < -0.39 is 0 Å². The number of rotatable bonds is 11. The first-order valence-corrected chi connectivity index (χ1v) is 30.7. The second-order valence-electron chi connectivity index (χ2n) is 23.2. The fourth-order valence-corrected chi connectivity index (χ4v) is 14.2. The van der Waals surface area contributed by atoms with Gasteiger partial charge in [0.25, 0.3) is 6.71 Å². The predicted molar refractivity (Wildman–Crippen MR) is 377 cm³/mol. The monoisotopic (exact) mass is 1130 g/mol. The van der Waals surface area contributed by atoms with E-state index in [4.69, 9.17) is 0 Å². The molecule has 0 amide bonds. The van der Waals surface area contributed by atoms with Crippen molar-refractivity contribution in [2.24, 2.45) is 0 Å². The lowest BCUT2D eigenvalue weighted by Gasteiger charge is -2.45. The maximum atomic E-state index is 2.62. The van der Waals surface area contributed by atoms with E-state index in [0.717, 1.165) is 107 Å². The van der Waals surface area contributed by atoms with E-state index in [-0.39, 0.29) is 6.71 Å². The van der Waals surface area contributed by atoms with E-state index in [1.54, 1.807) is 0 Å². The van der Waals surface area contributed by atoms with Gasteiger partial charge in [-0.05, 0) is 140 Å². The van der Waals surface area contributed by atoms with Gasteiger partial charge in [-0.3, -0.25) is 0 Å². The van der Waals surface area contributed by atoms with Crippen LogP contribution in [0.3, 0.4) is 0 Å². The number of para-hydroxylation sites is 4. The minimum absolute atomic E-state index is 0.192. The third-order valence-electron chi connectivity index (χ3n) is 18.1. The summed E-state index contributed by atoms with van der Waals surface area (Å²) in [4.78, 5) is 7.63. The van der Waals surface area contributed by atoms with Crippen molar-refractivity contribution in [1.82, 2.24) is 4.57 Å². The van der Waals surface area contributed by atoms with E-state index in [2.05, 4.69) is 365 Å². The highest BCUT2D eigenvalue weighted by molar-refractivity contribution is 7.00. The van der Waals surface area contributed by atoms with Crippen molar-refractivity contribution in [1.29, 1.82) is 0 Å². The van der Waals surface area contributed by atoms with Crippen LogP contribution in [0.2, 0.25) is 0 Å². The van der Waals surface area contributed by atoms with Gasteiger partial charge < -0.3 is 19.3 Å². The summed E-state index contributed by atoms with van der Waals surface area (Å²) in [6.07, 6.45) is 0. The van der Waals surface area contributed by atoms with Crippen LogP contribution in [-0.4, -0.2) is 11.3 Å². The lowest BCUT2D eigenvalue weighted by Crippen LogP contribution is -2.61. The van der Waals surface area contributed by atoms with Crippen LogP contribution in [0, 0.1) is 0 Å². The number of aromatic nitrogens is 1. The molecule has 2 aliphatic rings. The second kappa shape index (κ2) is 21.7. The van der Waals surface area contributed by atoms with E-state index in [1.165, 1.54) is 43.9 Å². The lowest BCUT2D eigenvalue weighted by molar-refractivity contribution is 1.18. The van der Waals surface area contributed by atoms with Gasteiger partial charge in [-0.2, -0.15) is 0 Å². The van der Waals surface area contributed by atoms with Gasteiger partial charge in [0.05, 0.1) is 28.1 Å². The first kappa shape index (κ1) is 51.7. The second-order valence-corrected chi connectivity index (χ2v) is 23.2. The highest BCUT2D eigenvalue weighted by atomic mass is 15.2. The number of fused-ring (bicyclic) bond motifs is 8. The molecule has 0 fully saturated rings. The van der Waals surface area contributed by atoms with Gasteiger partial charge in [0.15, 0.2) is 0 Å². The topological polar surface area (TPSA) is 14.7 Å². The van der Waals surface area contributed by atoms with Crippen molar-refractivity contribution in [3.05, 3.63) is 346 Å². The maximum absolute atomic E-state index is 2.62. The molecule has 89 heavy (non-hydrogen) atoms. The summed E-state index contributed by atoms with van der Waals surface area (Å²) in [5.41, 5.74) is 28.6. The third kappa shape index (κ3) is 8.77. The molecule has 14 aromatic carbocycles. The Bertz CT molecular complexity index is 5020. The number of hydrogen-bond acceptors (Lipinski definition) is 3. The van der Waals surface area contributed by atoms with Gasteiger partial charge in [0, 0.05) is 61.7 Å². The molecular weight excluding hydrogens is 1080 g/mol. The summed E-state index contributed by atoms with van der Waals surface area (Å²) >= 11 is 0. The van der Waals surface area contributed by atoms with Crippen LogP contribution in [0.4, 0.5) is 51.2 Å². The maximum Gasteiger partial charge on any atom is 0.252 e. The Balaban J connectivity index is 1.03. The molecular formula is C84H57BN4. The molecule has 1 aromatic heterocycles. The zero-order chi connectivity index (χ0) is 58.8. The molecule has 0 saturated heterocycles. The van der Waals surface area contributed by atoms with Crippen LogP contribution >= 0.6 is 0 Å². The van der Waals surface area contributed by atoms with Crippen molar-refractivity contribution in [2.45, 2.75) is 0 Å². The summed E-state index contributed by atoms with van der Waals surface area (Å²) in [6, 6.07) is 127. The number of anilines is 9. The third-order valence-corrected chi connectivity index (χ3v) is 18.1. The van der Waals surface area contributed by atoms with Gasteiger partial charge in [-0.1, -0.05) is 267 Å². The minimum atomic E-state index is -0.192. The summed E-state index contributed by atoms with van der Waals surface area (Å²) < 4.78 is 2.57. The average Bonchev–Trinajstić information content (AvgIpc) is 1.66. The van der Waals surface area contributed by atoms with Crippen molar-refractivity contribution in [2.75, 3.05) is 14.7 Å². The van der Waals surface area contributed by atoms with Crippen LogP contribution in [0.5, 0.6) is 0 Å². The minimum Gasteiger partial charge on any atom is -0.311 e. The molecule has 0 spiro atoms. The number of benzene rings is 14. The standard InChI is InChI=1S/C84H57BN4/c1-8-26-58(27-9-1)61-46-49-68(50-47-61)88-80-57-70(86(66-37-18-6-19-38-66)67-39-20-7-21-40-67)56-79-82(80)85(74-51-48-65(60-30-12-3-13-31-60)55-78(74)87(79)69-41-24-36-64(54-69)59-28-10-2-11-29-59)75-52-53-77-81(84(75)88)73-42-22-23-45-76(73)89(77)83-71(62-32-14-4-15-33-62)43-25-44-72(83)63-34-16-5-17-35-63/h1-57H. The van der Waals surface area contributed by atoms with Crippen LogP contribution in [0.25, 0.3) is 83.1 Å². The fourth-order valence-electron chi connectivity index (χ4n) is 14.2. The molecule has 0 N–H and O–H groups in total. The average molecular weight is 1130 g/mol. The molecule has 0 aliphatic carbocycles. The molecule has 4 nitrogen and oxygen atoms in total.